The molecule has 0 radical (unpaired) electrons. The van der Waals surface area contributed by atoms with Gasteiger partial charge < -0.3 is 24.0 Å². The third-order valence-electron chi connectivity index (χ3n) is 6.91. The number of carbonyl (C=O) groups excluding carboxylic acids is 1. The molecule has 42 heavy (non-hydrogen) atoms. The van der Waals surface area contributed by atoms with Crippen molar-refractivity contribution in [1.82, 2.24) is 14.2 Å². The zero-order valence-electron chi connectivity index (χ0n) is 23.0. The highest BCUT2D eigenvalue weighted by molar-refractivity contribution is 7.89. The first-order valence-electron chi connectivity index (χ1n) is 13.1. The molecule has 0 bridgehead atoms. The number of rotatable bonds is 5. The molecule has 4 aromatic rings. The van der Waals surface area contributed by atoms with E-state index in [0.717, 1.165) is 46.1 Å². The van der Waals surface area contributed by atoms with Crippen LogP contribution in [0.25, 0.3) is 21.8 Å². The van der Waals surface area contributed by atoms with E-state index in [-0.39, 0.29) is 18.0 Å². The first-order chi connectivity index (χ1) is 19.6. The van der Waals surface area contributed by atoms with Crippen LogP contribution in [-0.4, -0.2) is 66.3 Å². The van der Waals surface area contributed by atoms with E-state index in [1.165, 1.54) is 4.90 Å². The van der Waals surface area contributed by atoms with E-state index in [9.17, 15) is 31.5 Å². The minimum Gasteiger partial charge on any atom is -0.444 e. The van der Waals surface area contributed by atoms with Gasteiger partial charge in [0.1, 0.15) is 11.4 Å². The van der Waals surface area contributed by atoms with Gasteiger partial charge in [-0.15, -0.1) is 13.2 Å². The van der Waals surface area contributed by atoms with E-state index in [2.05, 4.69) is 9.46 Å². The van der Waals surface area contributed by atoms with Gasteiger partial charge in [-0.05, 0) is 57.2 Å². The molecular weight excluding hydrogens is 575 g/mol. The second kappa shape index (κ2) is 10.8. The van der Waals surface area contributed by atoms with Crippen molar-refractivity contribution in [3.8, 4) is 5.75 Å². The quantitative estimate of drug-likeness (QED) is 0.324. The summed E-state index contributed by atoms with van der Waals surface area (Å²) < 4.78 is 78.1. The summed E-state index contributed by atoms with van der Waals surface area (Å²) in [4.78, 5) is 14.2. The maximum atomic E-state index is 13.3. The van der Waals surface area contributed by atoms with Crippen molar-refractivity contribution in [3.05, 3.63) is 72.8 Å². The Labute approximate surface area is 240 Å². The van der Waals surface area contributed by atoms with Gasteiger partial charge in [0.05, 0.1) is 23.1 Å². The first-order valence-corrected chi connectivity index (χ1v) is 14.6. The summed E-state index contributed by atoms with van der Waals surface area (Å²) in [5.41, 5.74) is 0.747. The van der Waals surface area contributed by atoms with Crippen LogP contribution in [0, 0.1) is 0 Å². The molecule has 3 aromatic carbocycles. The fourth-order valence-electron chi connectivity index (χ4n) is 5.24. The maximum Gasteiger partial charge on any atom is 0.573 e. The normalized spacial score (nSPS) is 20.2. The largest absolute Gasteiger partial charge is 0.573 e. The number of ether oxygens (including phenoxy) is 2. The number of nitrogens with one attached hydrogen (secondary N) is 1. The molecule has 1 aliphatic rings. The highest BCUT2D eigenvalue weighted by Crippen LogP contribution is 2.36. The van der Waals surface area contributed by atoms with Gasteiger partial charge >= 0.3 is 12.5 Å². The second-order valence-electron chi connectivity index (χ2n) is 11.1. The second-order valence-corrected chi connectivity index (χ2v) is 12.8. The standard InChI is InChI=1S/C29H30F3N3O6S/c1-28(2,3)41-27(37)34-16-22(33-42(38,39)19-14-12-18(13-15-19)40-29(30,31)32)26(36)25(17-34)35-23-10-6-4-8-20(23)21-9-5-7-11-24(21)35/h4-15,22,25-26,33,36H,16-17H2,1-3H3/t22-,25?,26?/m1/s1. The molecule has 0 spiro atoms. The minimum atomic E-state index is -4.93. The summed E-state index contributed by atoms with van der Waals surface area (Å²) in [6, 6.07) is 16.9. The average Bonchev–Trinajstić information content (AvgIpc) is 3.22. The molecular formula is C29H30F3N3O6S. The topological polar surface area (TPSA) is 110 Å². The number of aliphatic hydroxyl groups excluding tert-OH is 1. The number of amides is 1. The number of benzene rings is 3. The Bertz CT molecular complexity index is 1660. The lowest BCUT2D eigenvalue weighted by molar-refractivity contribution is -0.274. The molecule has 1 aromatic heterocycles. The van der Waals surface area contributed by atoms with Crippen LogP contribution in [-0.2, 0) is 14.8 Å². The molecule has 1 amide bonds. The summed E-state index contributed by atoms with van der Waals surface area (Å²) in [5, 5.41) is 13.5. The van der Waals surface area contributed by atoms with Gasteiger partial charge in [-0.3, -0.25) is 0 Å². The lowest BCUT2D eigenvalue weighted by atomic mass is 9.97. The summed E-state index contributed by atoms with van der Waals surface area (Å²) in [6.45, 7) is 4.94. The molecule has 0 aliphatic carbocycles. The van der Waals surface area contributed by atoms with Gasteiger partial charge in [-0.2, -0.15) is 0 Å². The third-order valence-corrected chi connectivity index (χ3v) is 8.41. The number of sulfonamides is 1. The first kappa shape index (κ1) is 29.7. The molecule has 3 atom stereocenters. The number of fused-ring (bicyclic) bond motifs is 3. The predicted octanol–water partition coefficient (Wildman–Crippen LogP) is 5.19. The van der Waals surface area contributed by atoms with Crippen molar-refractivity contribution >= 4 is 37.9 Å². The molecule has 9 nitrogen and oxygen atoms in total. The fraction of sp³-hybridized carbons (Fsp3) is 0.345. The highest BCUT2D eigenvalue weighted by atomic mass is 32.2. The van der Waals surface area contributed by atoms with Crippen molar-refractivity contribution in [2.75, 3.05) is 13.1 Å². The SMILES string of the molecule is CC(C)(C)OC(=O)N1CC(n2c3ccccc3c3ccccc32)C(O)[C@H](NS(=O)(=O)c2ccc(OC(F)(F)F)cc2)C1. The summed E-state index contributed by atoms with van der Waals surface area (Å²) in [7, 11) is -4.35. The molecule has 1 aliphatic heterocycles. The highest BCUT2D eigenvalue weighted by Gasteiger charge is 2.42. The molecule has 13 heteroatoms. The Morgan fingerprint density at radius 3 is 1.98 bits per heavy atom. The Hall–Kier alpha value is -3.81. The van der Waals surface area contributed by atoms with Crippen LogP contribution in [0.15, 0.2) is 77.7 Å². The van der Waals surface area contributed by atoms with E-state index in [1.807, 2.05) is 53.1 Å². The molecule has 0 saturated carbocycles. The van der Waals surface area contributed by atoms with Gasteiger partial charge in [0.2, 0.25) is 10.0 Å². The summed E-state index contributed by atoms with van der Waals surface area (Å²) in [6.07, 6.45) is -6.92. The molecule has 224 valence electrons. The molecule has 2 N–H and O–H groups in total. The molecule has 2 unspecified atom stereocenters. The Kier molecular flexibility index (Phi) is 7.62. The van der Waals surface area contributed by atoms with Gasteiger partial charge in [-0.25, -0.2) is 17.9 Å². The van der Waals surface area contributed by atoms with Crippen LogP contribution in [0.2, 0.25) is 0 Å². The number of aromatic nitrogens is 1. The van der Waals surface area contributed by atoms with E-state index in [0.29, 0.717) is 0 Å². The van der Waals surface area contributed by atoms with Crippen molar-refractivity contribution in [1.29, 1.82) is 0 Å². The van der Waals surface area contributed by atoms with Crippen LogP contribution in [0.4, 0.5) is 18.0 Å². The number of carbonyl (C=O) groups is 1. The number of hydrogen-bond donors (Lipinski definition) is 2. The smallest absolute Gasteiger partial charge is 0.444 e. The van der Waals surface area contributed by atoms with Crippen molar-refractivity contribution < 1.29 is 41.0 Å². The monoisotopic (exact) mass is 605 g/mol. The number of aliphatic hydroxyl groups is 1. The minimum absolute atomic E-state index is 0.0282. The van der Waals surface area contributed by atoms with E-state index >= 15 is 0 Å². The van der Waals surface area contributed by atoms with E-state index < -0.39 is 52.0 Å². The number of alkyl halides is 3. The van der Waals surface area contributed by atoms with Gasteiger partial charge in [0.15, 0.2) is 0 Å². The van der Waals surface area contributed by atoms with E-state index in [4.69, 9.17) is 4.74 Å². The van der Waals surface area contributed by atoms with Crippen molar-refractivity contribution in [3.63, 3.8) is 0 Å². The number of likely N-dealkylation sites (tertiary alicyclic amines) is 1. The van der Waals surface area contributed by atoms with Crippen LogP contribution in [0.1, 0.15) is 26.8 Å². The Balaban J connectivity index is 1.52. The molecule has 2 heterocycles. The van der Waals surface area contributed by atoms with Crippen LogP contribution >= 0.6 is 0 Å². The van der Waals surface area contributed by atoms with Gasteiger partial charge in [-0.1, -0.05) is 36.4 Å². The zero-order valence-corrected chi connectivity index (χ0v) is 23.8. The average molecular weight is 606 g/mol. The number of hydrogen-bond acceptors (Lipinski definition) is 6. The zero-order chi connectivity index (χ0) is 30.4. The predicted molar refractivity (Wildman–Crippen MR) is 150 cm³/mol. The molecule has 1 saturated heterocycles. The maximum absolute atomic E-state index is 13.3. The third kappa shape index (κ3) is 6.18. The summed E-state index contributed by atoms with van der Waals surface area (Å²) in [5.74, 6) is -0.582. The Morgan fingerprint density at radius 1 is 0.905 bits per heavy atom. The van der Waals surface area contributed by atoms with Crippen molar-refractivity contribution in [2.45, 2.75) is 55.8 Å². The number of nitrogens with zero attached hydrogens (tertiary/aromatic N) is 2. The summed E-state index contributed by atoms with van der Waals surface area (Å²) >= 11 is 0. The number of halogens is 3. The van der Waals surface area contributed by atoms with Crippen LogP contribution in [0.3, 0.4) is 0 Å². The number of piperidine rings is 1. The molecule has 5 rings (SSSR count). The molecule has 1 fully saturated rings. The number of para-hydroxylation sites is 2. The van der Waals surface area contributed by atoms with Gasteiger partial charge in [0, 0.05) is 34.9 Å². The lowest BCUT2D eigenvalue weighted by Crippen LogP contribution is -2.60. The van der Waals surface area contributed by atoms with E-state index in [1.54, 1.807) is 20.8 Å². The van der Waals surface area contributed by atoms with Gasteiger partial charge in [0.25, 0.3) is 0 Å². The van der Waals surface area contributed by atoms with Crippen molar-refractivity contribution in [2.24, 2.45) is 0 Å². The fourth-order valence-corrected chi connectivity index (χ4v) is 6.48. The van der Waals surface area contributed by atoms with Crippen LogP contribution in [0.5, 0.6) is 5.75 Å². The van der Waals surface area contributed by atoms with Crippen LogP contribution < -0.4 is 9.46 Å². The lowest BCUT2D eigenvalue weighted by Gasteiger charge is -2.42. The Morgan fingerprint density at radius 2 is 1.45 bits per heavy atom.